The van der Waals surface area contributed by atoms with Gasteiger partial charge >= 0.3 is 5.97 Å². The first-order valence-electron chi connectivity index (χ1n) is 8.19. The van der Waals surface area contributed by atoms with Crippen LogP contribution in [-0.2, 0) is 17.8 Å². The number of hydrogen-bond donors (Lipinski definition) is 1. The molecule has 1 aromatic heterocycles. The van der Waals surface area contributed by atoms with Crippen molar-refractivity contribution >= 4 is 17.6 Å². The van der Waals surface area contributed by atoms with Gasteiger partial charge in [-0.25, -0.2) is 4.39 Å². The van der Waals surface area contributed by atoms with Gasteiger partial charge in [-0.15, -0.1) is 0 Å². The maximum Gasteiger partial charge on any atom is 0.303 e. The lowest BCUT2D eigenvalue weighted by Crippen LogP contribution is -2.06. The lowest BCUT2D eigenvalue weighted by molar-refractivity contribution is -0.136. The van der Waals surface area contributed by atoms with Crippen LogP contribution in [0.1, 0.15) is 17.7 Å². The van der Waals surface area contributed by atoms with E-state index >= 15 is 0 Å². The van der Waals surface area contributed by atoms with Gasteiger partial charge in [0.15, 0.2) is 11.6 Å². The normalized spacial score (nSPS) is 10.8. The van der Waals surface area contributed by atoms with Crippen molar-refractivity contribution in [2.45, 2.75) is 19.4 Å². The minimum atomic E-state index is -1.12. The predicted octanol–water partition coefficient (Wildman–Crippen LogP) is 5.01. The molecule has 0 saturated carbocycles. The van der Waals surface area contributed by atoms with Crippen LogP contribution in [0.15, 0.2) is 54.7 Å². The molecule has 0 spiro atoms. The predicted molar refractivity (Wildman–Crippen MR) is 97.4 cm³/mol. The van der Waals surface area contributed by atoms with Gasteiger partial charge in [0.2, 0.25) is 5.82 Å². The average molecular weight is 392 g/mol. The number of nitrogens with zero attached hydrogens (tertiary/aromatic N) is 1. The molecule has 4 nitrogen and oxygen atoms in total. The van der Waals surface area contributed by atoms with Crippen molar-refractivity contribution in [1.29, 1.82) is 0 Å². The zero-order valence-corrected chi connectivity index (χ0v) is 14.9. The molecule has 0 unspecified atom stereocenters. The quantitative estimate of drug-likeness (QED) is 0.616. The number of ether oxygens (including phenoxy) is 1. The molecule has 27 heavy (non-hydrogen) atoms. The van der Waals surface area contributed by atoms with E-state index in [1.54, 1.807) is 12.1 Å². The molecule has 1 N–H and O–H groups in total. The molecule has 0 aliphatic carbocycles. The third kappa shape index (κ3) is 4.46. The molecule has 140 valence electrons. The molecule has 3 aromatic rings. The molecule has 0 radical (unpaired) electrons. The van der Waals surface area contributed by atoms with Crippen LogP contribution in [-0.4, -0.2) is 15.6 Å². The van der Waals surface area contributed by atoms with E-state index in [0.717, 1.165) is 11.4 Å². The van der Waals surface area contributed by atoms with E-state index < -0.39 is 17.6 Å². The summed E-state index contributed by atoms with van der Waals surface area (Å²) in [5.74, 6) is -3.50. The van der Waals surface area contributed by atoms with Crippen LogP contribution in [0.2, 0.25) is 5.02 Å². The van der Waals surface area contributed by atoms with Crippen LogP contribution >= 0.6 is 11.6 Å². The Morgan fingerprint density at radius 3 is 2.52 bits per heavy atom. The number of carboxylic acids is 1. The Morgan fingerprint density at radius 2 is 1.81 bits per heavy atom. The molecule has 0 aliphatic rings. The van der Waals surface area contributed by atoms with Gasteiger partial charge in [0.1, 0.15) is 6.61 Å². The van der Waals surface area contributed by atoms with E-state index in [9.17, 15) is 13.6 Å². The van der Waals surface area contributed by atoms with Gasteiger partial charge in [0, 0.05) is 23.3 Å². The van der Waals surface area contributed by atoms with Crippen molar-refractivity contribution in [2.75, 3.05) is 0 Å². The molecular formula is C20H16ClF2NO3. The second-order valence-electron chi connectivity index (χ2n) is 5.88. The first-order valence-corrected chi connectivity index (χ1v) is 8.57. The summed E-state index contributed by atoms with van der Waals surface area (Å²) >= 11 is 5.90. The van der Waals surface area contributed by atoms with Crippen LogP contribution < -0.4 is 4.74 Å². The van der Waals surface area contributed by atoms with E-state index in [-0.39, 0.29) is 30.8 Å². The zero-order valence-electron chi connectivity index (χ0n) is 14.2. The summed E-state index contributed by atoms with van der Waals surface area (Å²) in [6, 6.07) is 13.5. The van der Waals surface area contributed by atoms with Crippen LogP contribution in [0.5, 0.6) is 5.75 Å². The third-order valence-electron chi connectivity index (χ3n) is 4.05. The summed E-state index contributed by atoms with van der Waals surface area (Å²) < 4.78 is 35.6. The molecule has 3 rings (SSSR count). The van der Waals surface area contributed by atoms with Gasteiger partial charge < -0.3 is 14.4 Å². The number of carboxylic acid groups (broad SMARTS) is 1. The fourth-order valence-electron chi connectivity index (χ4n) is 2.66. The fourth-order valence-corrected chi connectivity index (χ4v) is 2.78. The molecule has 0 saturated heterocycles. The molecule has 0 amide bonds. The number of rotatable bonds is 7. The van der Waals surface area contributed by atoms with E-state index in [1.807, 2.05) is 35.0 Å². The SMILES string of the molecule is O=C(O)CCc1ccc(OCc2cccn2-c2ccc(Cl)cc2)c(F)c1F. The van der Waals surface area contributed by atoms with Gasteiger partial charge in [-0.1, -0.05) is 17.7 Å². The van der Waals surface area contributed by atoms with Gasteiger partial charge in [-0.2, -0.15) is 4.39 Å². The lowest BCUT2D eigenvalue weighted by Gasteiger charge is -2.12. The Hall–Kier alpha value is -2.86. The van der Waals surface area contributed by atoms with Crippen molar-refractivity contribution in [3.63, 3.8) is 0 Å². The van der Waals surface area contributed by atoms with Crippen LogP contribution in [0.4, 0.5) is 8.78 Å². The molecule has 0 atom stereocenters. The Bertz CT molecular complexity index is 954. The van der Waals surface area contributed by atoms with Crippen molar-refractivity contribution in [2.24, 2.45) is 0 Å². The molecular weight excluding hydrogens is 376 g/mol. The molecule has 7 heteroatoms. The number of benzene rings is 2. The summed E-state index contributed by atoms with van der Waals surface area (Å²) in [5, 5.41) is 9.28. The Kier molecular flexibility index (Phi) is 5.76. The van der Waals surface area contributed by atoms with Crippen molar-refractivity contribution in [1.82, 2.24) is 4.57 Å². The number of halogens is 3. The van der Waals surface area contributed by atoms with E-state index in [2.05, 4.69) is 0 Å². The summed E-state index contributed by atoms with van der Waals surface area (Å²) in [4.78, 5) is 10.6. The summed E-state index contributed by atoms with van der Waals surface area (Å²) in [7, 11) is 0. The minimum absolute atomic E-state index is 0.00629. The average Bonchev–Trinajstić information content (AvgIpc) is 3.11. The zero-order chi connectivity index (χ0) is 19.4. The highest BCUT2D eigenvalue weighted by atomic mass is 35.5. The summed E-state index contributed by atoms with van der Waals surface area (Å²) in [6.45, 7) is 0.0282. The smallest absolute Gasteiger partial charge is 0.303 e. The standard InChI is InChI=1S/C20H16ClF2NO3/c21-14-5-7-15(8-6-14)24-11-1-2-16(24)12-27-17-9-3-13(4-10-18(25)26)19(22)20(17)23/h1-3,5-9,11H,4,10,12H2,(H,25,26). The second-order valence-corrected chi connectivity index (χ2v) is 6.32. The van der Waals surface area contributed by atoms with Crippen LogP contribution in [0.3, 0.4) is 0 Å². The van der Waals surface area contributed by atoms with Gasteiger partial charge in [-0.3, -0.25) is 4.79 Å². The summed E-state index contributed by atoms with van der Waals surface area (Å²) in [6.07, 6.45) is 1.47. The number of aryl methyl sites for hydroxylation is 1. The fraction of sp³-hybridized carbons (Fsp3) is 0.150. The Balaban J connectivity index is 1.74. The van der Waals surface area contributed by atoms with Gasteiger partial charge in [0.25, 0.3) is 0 Å². The summed E-state index contributed by atoms with van der Waals surface area (Å²) in [5.41, 5.74) is 1.61. The monoisotopic (exact) mass is 391 g/mol. The minimum Gasteiger partial charge on any atom is -0.484 e. The molecule has 2 aromatic carbocycles. The molecule has 0 aliphatic heterocycles. The lowest BCUT2D eigenvalue weighted by atomic mass is 10.1. The highest BCUT2D eigenvalue weighted by molar-refractivity contribution is 6.30. The van der Waals surface area contributed by atoms with Crippen molar-refractivity contribution < 1.29 is 23.4 Å². The highest BCUT2D eigenvalue weighted by Crippen LogP contribution is 2.25. The molecule has 0 fully saturated rings. The number of aromatic nitrogens is 1. The first kappa shape index (κ1) is 18.9. The second kappa shape index (κ2) is 8.22. The van der Waals surface area contributed by atoms with E-state index in [0.29, 0.717) is 5.02 Å². The van der Waals surface area contributed by atoms with Crippen LogP contribution in [0.25, 0.3) is 5.69 Å². The largest absolute Gasteiger partial charge is 0.484 e. The van der Waals surface area contributed by atoms with Gasteiger partial charge in [0.05, 0.1) is 5.69 Å². The molecule has 0 bridgehead atoms. The highest BCUT2D eigenvalue weighted by Gasteiger charge is 2.16. The van der Waals surface area contributed by atoms with Crippen molar-refractivity contribution in [3.05, 3.63) is 82.6 Å². The van der Waals surface area contributed by atoms with Crippen LogP contribution in [0, 0.1) is 11.6 Å². The topological polar surface area (TPSA) is 51.5 Å². The number of hydrogen-bond acceptors (Lipinski definition) is 2. The third-order valence-corrected chi connectivity index (χ3v) is 4.30. The van der Waals surface area contributed by atoms with Crippen molar-refractivity contribution in [3.8, 4) is 11.4 Å². The first-order chi connectivity index (χ1) is 13.0. The maximum absolute atomic E-state index is 14.2. The Labute approximate surface area is 159 Å². The maximum atomic E-state index is 14.2. The number of carbonyl (C=O) groups is 1. The van der Waals surface area contributed by atoms with E-state index in [4.69, 9.17) is 21.4 Å². The molecule has 1 heterocycles. The number of aliphatic carboxylic acids is 1. The van der Waals surface area contributed by atoms with Gasteiger partial charge in [-0.05, 0) is 54.4 Å². The Morgan fingerprint density at radius 1 is 1.07 bits per heavy atom. The van der Waals surface area contributed by atoms with E-state index in [1.165, 1.54) is 12.1 Å².